The highest BCUT2D eigenvalue weighted by atomic mass is 31.2. The maximum absolute atomic E-state index is 11.9. The second-order valence-corrected chi connectivity index (χ2v) is 6.91. The summed E-state index contributed by atoms with van der Waals surface area (Å²) in [6, 6.07) is 0. The first-order valence-corrected chi connectivity index (χ1v) is 7.68. The monoisotopic (exact) mass is 264 g/mol. The molecule has 1 aliphatic rings. The fourth-order valence-corrected chi connectivity index (χ4v) is 2.68. The molecule has 0 saturated carbocycles. The quantitative estimate of drug-likeness (QED) is 0.564. The van der Waals surface area contributed by atoms with E-state index in [1.165, 1.54) is 0 Å². The van der Waals surface area contributed by atoms with Crippen molar-refractivity contribution < 1.29 is 23.1 Å². The zero-order valence-corrected chi connectivity index (χ0v) is 11.6. The highest BCUT2D eigenvalue weighted by molar-refractivity contribution is 7.53. The summed E-state index contributed by atoms with van der Waals surface area (Å²) in [6.45, 7) is 6.56. The van der Waals surface area contributed by atoms with Crippen molar-refractivity contribution >= 4 is 13.6 Å². The van der Waals surface area contributed by atoms with Crippen molar-refractivity contribution in [3.8, 4) is 0 Å². The molecule has 0 aromatic heterocycles. The molecule has 0 atom stereocenters. The van der Waals surface area contributed by atoms with E-state index in [2.05, 4.69) is 0 Å². The van der Waals surface area contributed by atoms with Gasteiger partial charge in [0.1, 0.15) is 6.61 Å². The molecule has 1 rings (SSSR count). The summed E-state index contributed by atoms with van der Waals surface area (Å²) in [5.74, 6) is -0.274. The lowest BCUT2D eigenvalue weighted by Gasteiger charge is -2.24. The molecule has 6 heteroatoms. The number of hydrogen-bond acceptors (Lipinski definition) is 5. The number of hydrogen-bond donors (Lipinski definition) is 0. The van der Waals surface area contributed by atoms with Crippen molar-refractivity contribution in [2.45, 2.75) is 33.6 Å². The predicted octanol–water partition coefficient (Wildman–Crippen LogP) is 2.60. The minimum absolute atomic E-state index is 0.0829. The Balaban J connectivity index is 2.32. The number of rotatable bonds is 5. The molecule has 0 aliphatic carbocycles. The first kappa shape index (κ1) is 14.7. The van der Waals surface area contributed by atoms with Gasteiger partial charge < -0.3 is 13.8 Å². The Morgan fingerprint density at radius 3 is 2.47 bits per heavy atom. The zero-order valence-electron chi connectivity index (χ0n) is 10.7. The molecule has 0 N–H and O–H groups in total. The molecule has 0 bridgehead atoms. The Morgan fingerprint density at radius 1 is 1.35 bits per heavy atom. The summed E-state index contributed by atoms with van der Waals surface area (Å²) in [6.07, 6.45) is 1.60. The van der Waals surface area contributed by atoms with Crippen LogP contribution in [0.1, 0.15) is 33.6 Å². The van der Waals surface area contributed by atoms with Gasteiger partial charge in [0.15, 0.2) is 0 Å². The largest absolute Gasteiger partial charge is 0.465 e. The van der Waals surface area contributed by atoms with Crippen LogP contribution in [0.4, 0.5) is 0 Å². The predicted molar refractivity (Wildman–Crippen MR) is 64.0 cm³/mol. The lowest BCUT2D eigenvalue weighted by atomic mass is 9.91. The number of ether oxygens (including phenoxy) is 1. The molecular formula is C11H21O5P. The Hall–Kier alpha value is -0.380. The van der Waals surface area contributed by atoms with E-state index in [0.717, 1.165) is 6.42 Å². The van der Waals surface area contributed by atoms with Crippen LogP contribution < -0.4 is 0 Å². The SMILES string of the molecule is CCC(C)(C)C(=O)OCCP1(=O)OCCCO1. The van der Waals surface area contributed by atoms with Crippen LogP contribution in [-0.4, -0.2) is 32.0 Å². The van der Waals surface area contributed by atoms with E-state index in [1.54, 1.807) is 0 Å². The van der Waals surface area contributed by atoms with Crippen molar-refractivity contribution in [1.29, 1.82) is 0 Å². The van der Waals surface area contributed by atoms with E-state index in [9.17, 15) is 9.36 Å². The highest BCUT2D eigenvalue weighted by Gasteiger charge is 2.30. The molecule has 1 heterocycles. The second-order valence-electron chi connectivity index (χ2n) is 4.73. The van der Waals surface area contributed by atoms with E-state index in [4.69, 9.17) is 13.8 Å². The molecule has 0 amide bonds. The van der Waals surface area contributed by atoms with Crippen LogP contribution in [-0.2, 0) is 23.1 Å². The van der Waals surface area contributed by atoms with Gasteiger partial charge in [0.2, 0.25) is 0 Å². The molecule has 0 aromatic carbocycles. The maximum Gasteiger partial charge on any atom is 0.334 e. The minimum atomic E-state index is -3.01. The van der Waals surface area contributed by atoms with Gasteiger partial charge in [-0.3, -0.25) is 9.36 Å². The lowest BCUT2D eigenvalue weighted by Crippen LogP contribution is -2.27. The molecule has 0 aromatic rings. The van der Waals surface area contributed by atoms with Crippen molar-refractivity contribution in [2.75, 3.05) is 26.0 Å². The molecule has 1 aliphatic heterocycles. The van der Waals surface area contributed by atoms with E-state index in [-0.39, 0.29) is 18.7 Å². The summed E-state index contributed by atoms with van der Waals surface area (Å²) < 4.78 is 27.2. The van der Waals surface area contributed by atoms with Crippen LogP contribution in [0.3, 0.4) is 0 Å². The average molecular weight is 264 g/mol. The van der Waals surface area contributed by atoms with Crippen LogP contribution in [0.15, 0.2) is 0 Å². The standard InChI is InChI=1S/C11H21O5P/c1-4-11(2,3)10(12)14-8-9-17(13)15-6-5-7-16-17/h4-9H2,1-3H3. The number of carbonyl (C=O) groups excluding carboxylic acids is 1. The van der Waals surface area contributed by atoms with Crippen LogP contribution in [0, 0.1) is 5.41 Å². The van der Waals surface area contributed by atoms with Gasteiger partial charge in [-0.2, -0.15) is 0 Å². The number of esters is 1. The average Bonchev–Trinajstić information content (AvgIpc) is 2.29. The molecule has 0 radical (unpaired) electrons. The van der Waals surface area contributed by atoms with Crippen molar-refractivity contribution in [1.82, 2.24) is 0 Å². The molecule has 17 heavy (non-hydrogen) atoms. The summed E-state index contributed by atoms with van der Waals surface area (Å²) in [5.41, 5.74) is -0.497. The van der Waals surface area contributed by atoms with Gasteiger partial charge in [0.25, 0.3) is 0 Å². The van der Waals surface area contributed by atoms with Crippen LogP contribution in [0.5, 0.6) is 0 Å². The Bertz CT molecular complexity index is 303. The zero-order chi connectivity index (χ0) is 12.9. The van der Waals surface area contributed by atoms with Gasteiger partial charge in [-0.05, 0) is 26.7 Å². The maximum atomic E-state index is 11.9. The number of carbonyl (C=O) groups is 1. The van der Waals surface area contributed by atoms with Crippen molar-refractivity contribution in [3.05, 3.63) is 0 Å². The molecule has 1 fully saturated rings. The first-order chi connectivity index (χ1) is 7.90. The first-order valence-electron chi connectivity index (χ1n) is 5.95. The van der Waals surface area contributed by atoms with E-state index in [1.807, 2.05) is 20.8 Å². The summed E-state index contributed by atoms with van der Waals surface area (Å²) in [5, 5.41) is 0. The molecule has 100 valence electrons. The molecule has 5 nitrogen and oxygen atoms in total. The van der Waals surface area contributed by atoms with Gasteiger partial charge >= 0.3 is 13.6 Å². The molecule has 1 saturated heterocycles. The molecular weight excluding hydrogens is 243 g/mol. The Labute approximate surface area is 102 Å². The lowest BCUT2D eigenvalue weighted by molar-refractivity contribution is -0.153. The third-order valence-corrected chi connectivity index (χ3v) is 4.78. The van der Waals surface area contributed by atoms with Gasteiger partial charge in [0, 0.05) is 0 Å². The second kappa shape index (κ2) is 5.98. The van der Waals surface area contributed by atoms with E-state index >= 15 is 0 Å². The molecule has 0 spiro atoms. The Morgan fingerprint density at radius 2 is 1.94 bits per heavy atom. The fourth-order valence-electron chi connectivity index (χ4n) is 1.22. The normalized spacial score (nSPS) is 19.9. The van der Waals surface area contributed by atoms with Gasteiger partial charge in [0.05, 0.1) is 24.8 Å². The van der Waals surface area contributed by atoms with Gasteiger partial charge in [-0.15, -0.1) is 0 Å². The van der Waals surface area contributed by atoms with Crippen LogP contribution in [0.2, 0.25) is 0 Å². The topological polar surface area (TPSA) is 61.8 Å². The Kier molecular flexibility index (Phi) is 5.17. The van der Waals surface area contributed by atoms with E-state index in [0.29, 0.717) is 19.6 Å². The van der Waals surface area contributed by atoms with Crippen LogP contribution in [0.25, 0.3) is 0 Å². The highest BCUT2D eigenvalue weighted by Crippen LogP contribution is 2.50. The smallest absolute Gasteiger partial charge is 0.334 e. The third-order valence-electron chi connectivity index (χ3n) is 2.90. The van der Waals surface area contributed by atoms with Gasteiger partial charge in [-0.25, -0.2) is 0 Å². The third kappa shape index (κ3) is 4.41. The summed E-state index contributed by atoms with van der Waals surface area (Å²) in [4.78, 5) is 11.6. The fraction of sp³-hybridized carbons (Fsp3) is 0.909. The minimum Gasteiger partial charge on any atom is -0.465 e. The summed E-state index contributed by atoms with van der Waals surface area (Å²) >= 11 is 0. The summed E-state index contributed by atoms with van der Waals surface area (Å²) in [7, 11) is -3.01. The van der Waals surface area contributed by atoms with Crippen LogP contribution >= 0.6 is 7.60 Å². The van der Waals surface area contributed by atoms with Crippen molar-refractivity contribution in [2.24, 2.45) is 5.41 Å². The van der Waals surface area contributed by atoms with Crippen molar-refractivity contribution in [3.63, 3.8) is 0 Å². The van der Waals surface area contributed by atoms with Gasteiger partial charge in [-0.1, -0.05) is 6.92 Å². The molecule has 0 unspecified atom stereocenters. The van der Waals surface area contributed by atoms with E-state index < -0.39 is 13.0 Å².